The predicted octanol–water partition coefficient (Wildman–Crippen LogP) is 2.98. The van der Waals surface area contributed by atoms with Crippen molar-refractivity contribution in [2.75, 3.05) is 5.33 Å². The van der Waals surface area contributed by atoms with Crippen LogP contribution < -0.4 is 4.72 Å². The summed E-state index contributed by atoms with van der Waals surface area (Å²) in [4.78, 5) is 0.134. The van der Waals surface area contributed by atoms with Crippen LogP contribution in [0.25, 0.3) is 0 Å². The quantitative estimate of drug-likeness (QED) is 0.811. The third kappa shape index (κ3) is 4.33. The van der Waals surface area contributed by atoms with Crippen molar-refractivity contribution in [3.05, 3.63) is 29.6 Å². The molecule has 0 bridgehead atoms. The number of aryl methyl sites for hydroxylation is 1. The molecule has 0 saturated carbocycles. The number of nitrogens with one attached hydrogen (secondary N) is 1. The number of rotatable bonds is 6. The molecule has 1 aromatic rings. The molecule has 3 nitrogen and oxygen atoms in total. The van der Waals surface area contributed by atoms with Crippen LogP contribution in [0, 0.1) is 12.7 Å². The summed E-state index contributed by atoms with van der Waals surface area (Å²) in [6.07, 6.45) is 1.65. The summed E-state index contributed by atoms with van der Waals surface area (Å²) < 4.78 is 39.7. The van der Waals surface area contributed by atoms with Gasteiger partial charge in [0.15, 0.2) is 0 Å². The summed E-state index contributed by atoms with van der Waals surface area (Å²) in [5.41, 5.74) is 0.412. The van der Waals surface area contributed by atoms with Gasteiger partial charge in [-0.25, -0.2) is 17.5 Å². The first-order valence-electron chi connectivity index (χ1n) is 5.71. The zero-order valence-electron chi connectivity index (χ0n) is 10.4. The molecule has 0 aliphatic heterocycles. The van der Waals surface area contributed by atoms with Crippen LogP contribution in [0.5, 0.6) is 0 Å². The van der Waals surface area contributed by atoms with Gasteiger partial charge in [-0.05, 0) is 50.5 Å². The summed E-state index contributed by atoms with van der Waals surface area (Å²) in [5, 5.41) is 0.842. The van der Waals surface area contributed by atoms with Crippen LogP contribution in [-0.4, -0.2) is 19.8 Å². The van der Waals surface area contributed by atoms with Gasteiger partial charge in [-0.2, -0.15) is 0 Å². The standard InChI is InChI=1S/C12H17BrFNO2S/c1-9-8-11(14)5-6-12(9)18(16,17)15-10(2)4-3-7-13/h5-6,8,10,15H,3-4,7H2,1-2H3. The number of sulfonamides is 1. The smallest absolute Gasteiger partial charge is 0.208 e. The average molecular weight is 338 g/mol. The summed E-state index contributed by atoms with van der Waals surface area (Å²) in [7, 11) is -3.57. The molecule has 0 saturated heterocycles. The Bertz CT molecular complexity index is 505. The van der Waals surface area contributed by atoms with Crippen LogP contribution in [0.15, 0.2) is 23.1 Å². The van der Waals surface area contributed by atoms with E-state index in [4.69, 9.17) is 0 Å². The monoisotopic (exact) mass is 337 g/mol. The van der Waals surface area contributed by atoms with E-state index in [9.17, 15) is 12.8 Å². The van der Waals surface area contributed by atoms with Gasteiger partial charge < -0.3 is 0 Å². The Hall–Kier alpha value is -0.460. The molecule has 1 atom stereocenters. The second-order valence-corrected chi connectivity index (χ2v) is 6.74. The lowest BCUT2D eigenvalue weighted by molar-refractivity contribution is 0.544. The molecule has 1 rings (SSSR count). The third-order valence-corrected chi connectivity index (χ3v) is 4.86. The van der Waals surface area contributed by atoms with Crippen LogP contribution >= 0.6 is 15.9 Å². The minimum absolute atomic E-state index is 0.134. The normalized spacial score (nSPS) is 13.6. The first-order valence-corrected chi connectivity index (χ1v) is 8.31. The van der Waals surface area contributed by atoms with Crippen molar-refractivity contribution in [1.29, 1.82) is 0 Å². The molecule has 1 N–H and O–H groups in total. The summed E-state index contributed by atoms with van der Waals surface area (Å²) in [5.74, 6) is -0.432. The topological polar surface area (TPSA) is 46.2 Å². The zero-order valence-corrected chi connectivity index (χ0v) is 12.8. The molecule has 0 amide bonds. The molecular weight excluding hydrogens is 321 g/mol. The molecular formula is C12H17BrFNO2S. The Kier molecular flexibility index (Phi) is 5.75. The minimum atomic E-state index is -3.57. The Morgan fingerprint density at radius 3 is 2.67 bits per heavy atom. The maximum absolute atomic E-state index is 12.9. The molecule has 6 heteroatoms. The fourth-order valence-electron chi connectivity index (χ4n) is 1.68. The Morgan fingerprint density at radius 2 is 2.11 bits per heavy atom. The van der Waals surface area contributed by atoms with Crippen LogP contribution in [0.3, 0.4) is 0 Å². The highest BCUT2D eigenvalue weighted by atomic mass is 79.9. The molecule has 18 heavy (non-hydrogen) atoms. The Balaban J connectivity index is 2.86. The van der Waals surface area contributed by atoms with Gasteiger partial charge in [0, 0.05) is 11.4 Å². The highest BCUT2D eigenvalue weighted by Crippen LogP contribution is 2.16. The number of hydrogen-bond donors (Lipinski definition) is 1. The van der Waals surface area contributed by atoms with Crippen molar-refractivity contribution in [3.8, 4) is 0 Å². The van der Waals surface area contributed by atoms with E-state index >= 15 is 0 Å². The average Bonchev–Trinajstić information content (AvgIpc) is 2.25. The van der Waals surface area contributed by atoms with Gasteiger partial charge >= 0.3 is 0 Å². The van der Waals surface area contributed by atoms with E-state index in [0.717, 1.165) is 24.2 Å². The minimum Gasteiger partial charge on any atom is -0.208 e. The SMILES string of the molecule is Cc1cc(F)ccc1S(=O)(=O)NC(C)CCCBr. The number of alkyl halides is 1. The molecule has 0 aromatic heterocycles. The van der Waals surface area contributed by atoms with E-state index in [1.54, 1.807) is 6.92 Å². The molecule has 0 spiro atoms. The van der Waals surface area contributed by atoms with Crippen molar-refractivity contribution < 1.29 is 12.8 Å². The highest BCUT2D eigenvalue weighted by molar-refractivity contribution is 9.09. The zero-order chi connectivity index (χ0) is 13.8. The van der Waals surface area contributed by atoms with Gasteiger partial charge in [-0.1, -0.05) is 15.9 Å². The lowest BCUT2D eigenvalue weighted by Gasteiger charge is -2.15. The number of hydrogen-bond acceptors (Lipinski definition) is 2. The predicted molar refractivity (Wildman–Crippen MR) is 73.9 cm³/mol. The Labute approximate surface area is 116 Å². The first-order chi connectivity index (χ1) is 8.36. The van der Waals surface area contributed by atoms with E-state index in [2.05, 4.69) is 20.7 Å². The molecule has 102 valence electrons. The third-order valence-electron chi connectivity index (χ3n) is 2.55. The lowest BCUT2D eigenvalue weighted by Crippen LogP contribution is -2.33. The van der Waals surface area contributed by atoms with E-state index in [0.29, 0.717) is 5.56 Å². The molecule has 0 heterocycles. The highest BCUT2D eigenvalue weighted by Gasteiger charge is 2.19. The van der Waals surface area contributed by atoms with Crippen molar-refractivity contribution in [2.24, 2.45) is 0 Å². The van der Waals surface area contributed by atoms with Crippen molar-refractivity contribution in [2.45, 2.75) is 37.6 Å². The molecule has 0 fully saturated rings. The fourth-order valence-corrected chi connectivity index (χ4v) is 3.51. The molecule has 0 aliphatic carbocycles. The molecule has 0 aliphatic rings. The van der Waals surface area contributed by atoms with Gasteiger partial charge in [0.2, 0.25) is 10.0 Å². The molecule has 1 aromatic carbocycles. The van der Waals surface area contributed by atoms with Gasteiger partial charge in [-0.15, -0.1) is 0 Å². The maximum atomic E-state index is 12.9. The van der Waals surface area contributed by atoms with Crippen LogP contribution in [0.4, 0.5) is 4.39 Å². The number of benzene rings is 1. The molecule has 0 radical (unpaired) electrons. The van der Waals surface area contributed by atoms with Crippen LogP contribution in [0.1, 0.15) is 25.3 Å². The fraction of sp³-hybridized carbons (Fsp3) is 0.500. The van der Waals surface area contributed by atoms with E-state index in [-0.39, 0.29) is 10.9 Å². The second-order valence-electron chi connectivity index (χ2n) is 4.26. The van der Waals surface area contributed by atoms with Crippen molar-refractivity contribution in [3.63, 3.8) is 0 Å². The van der Waals surface area contributed by atoms with E-state index in [1.165, 1.54) is 12.1 Å². The largest absolute Gasteiger partial charge is 0.241 e. The first kappa shape index (κ1) is 15.6. The second kappa shape index (κ2) is 6.63. The molecule has 1 unspecified atom stereocenters. The lowest BCUT2D eigenvalue weighted by atomic mass is 10.2. The van der Waals surface area contributed by atoms with Crippen LogP contribution in [-0.2, 0) is 10.0 Å². The number of halogens is 2. The van der Waals surface area contributed by atoms with E-state index < -0.39 is 15.8 Å². The van der Waals surface area contributed by atoms with Gasteiger partial charge in [0.25, 0.3) is 0 Å². The van der Waals surface area contributed by atoms with Gasteiger partial charge in [0.05, 0.1) is 4.90 Å². The van der Waals surface area contributed by atoms with Gasteiger partial charge in [0.1, 0.15) is 5.82 Å². The summed E-state index contributed by atoms with van der Waals surface area (Å²) in [6.45, 7) is 3.40. The summed E-state index contributed by atoms with van der Waals surface area (Å²) in [6, 6.07) is 3.53. The van der Waals surface area contributed by atoms with Gasteiger partial charge in [-0.3, -0.25) is 0 Å². The van der Waals surface area contributed by atoms with E-state index in [1.807, 2.05) is 6.92 Å². The maximum Gasteiger partial charge on any atom is 0.241 e. The van der Waals surface area contributed by atoms with Crippen LogP contribution in [0.2, 0.25) is 0 Å². The Morgan fingerprint density at radius 1 is 1.44 bits per heavy atom. The van der Waals surface area contributed by atoms with Crippen molar-refractivity contribution in [1.82, 2.24) is 4.72 Å². The summed E-state index contributed by atoms with van der Waals surface area (Å²) >= 11 is 3.30. The van der Waals surface area contributed by atoms with Crippen molar-refractivity contribution >= 4 is 26.0 Å².